The average molecular weight is 462 g/mol. The lowest BCUT2D eigenvalue weighted by atomic mass is 9.96. The Kier molecular flexibility index (Phi) is 10.6. The van der Waals surface area contributed by atoms with E-state index in [1.165, 1.54) is 5.56 Å². The van der Waals surface area contributed by atoms with Gasteiger partial charge in [0.15, 0.2) is 0 Å². The van der Waals surface area contributed by atoms with Crippen LogP contribution in [0.25, 0.3) is 0 Å². The van der Waals surface area contributed by atoms with Crippen molar-refractivity contribution in [3.63, 3.8) is 0 Å². The minimum atomic E-state index is -0.459. The summed E-state index contributed by atoms with van der Waals surface area (Å²) in [4.78, 5) is 19.8. The van der Waals surface area contributed by atoms with Crippen molar-refractivity contribution in [1.29, 1.82) is 0 Å². The van der Waals surface area contributed by atoms with Gasteiger partial charge in [0.1, 0.15) is 5.60 Å². The number of benzene rings is 1. The van der Waals surface area contributed by atoms with E-state index >= 15 is 0 Å². The quantitative estimate of drug-likeness (QED) is 0.516. The van der Waals surface area contributed by atoms with Gasteiger partial charge in [-0.25, -0.2) is 0 Å². The van der Waals surface area contributed by atoms with E-state index in [0.29, 0.717) is 6.54 Å². The van der Waals surface area contributed by atoms with Crippen LogP contribution in [0.15, 0.2) is 24.3 Å². The molecule has 0 atom stereocenters. The van der Waals surface area contributed by atoms with Gasteiger partial charge in [-0.15, -0.1) is 0 Å². The third kappa shape index (κ3) is 12.4. The van der Waals surface area contributed by atoms with Crippen LogP contribution in [0.5, 0.6) is 0 Å². The molecular formula is C26H47N5O2. The molecule has 0 amide bonds. The van der Waals surface area contributed by atoms with Crippen LogP contribution in [0.3, 0.4) is 0 Å². The van der Waals surface area contributed by atoms with Crippen molar-refractivity contribution < 1.29 is 9.53 Å². The molecule has 7 nitrogen and oxygen atoms in total. The van der Waals surface area contributed by atoms with Gasteiger partial charge in [0.05, 0.1) is 6.54 Å². The van der Waals surface area contributed by atoms with Crippen molar-refractivity contribution in [3.05, 3.63) is 29.8 Å². The highest BCUT2D eigenvalue weighted by Crippen LogP contribution is 2.16. The molecule has 7 heteroatoms. The Balaban J connectivity index is 2.07. The van der Waals surface area contributed by atoms with Crippen molar-refractivity contribution in [3.8, 4) is 0 Å². The third-order valence-corrected chi connectivity index (χ3v) is 5.53. The number of hydrogen-bond acceptors (Lipinski definition) is 7. The van der Waals surface area contributed by atoms with Gasteiger partial charge in [-0.3, -0.25) is 14.6 Å². The lowest BCUT2D eigenvalue weighted by Crippen LogP contribution is -2.47. The highest BCUT2D eigenvalue weighted by atomic mass is 16.6. The number of nitrogen functional groups attached to an aromatic ring is 1. The molecule has 0 spiro atoms. The number of esters is 1. The molecular weight excluding hydrogens is 414 g/mol. The van der Waals surface area contributed by atoms with Gasteiger partial charge in [0.25, 0.3) is 0 Å². The largest absolute Gasteiger partial charge is 0.459 e. The molecule has 3 N–H and O–H groups in total. The van der Waals surface area contributed by atoms with Gasteiger partial charge in [-0.05, 0) is 43.9 Å². The minimum absolute atomic E-state index is 0.156. The molecule has 1 aliphatic rings. The second-order valence-electron chi connectivity index (χ2n) is 11.5. The monoisotopic (exact) mass is 461 g/mol. The summed E-state index contributed by atoms with van der Waals surface area (Å²) < 4.78 is 5.57. The van der Waals surface area contributed by atoms with Crippen LogP contribution < -0.4 is 11.1 Å². The lowest BCUT2D eigenvalue weighted by Gasteiger charge is -2.34. The highest BCUT2D eigenvalue weighted by Gasteiger charge is 2.21. The smallest absolute Gasteiger partial charge is 0.320 e. The standard InChI is InChI=1S/C26H47N5O2/c1-25(2,3)21-31-14-12-28-11-13-29(20-24(32)33-26(4,5)6)15-16-30(17-18-31)19-22-7-9-23(27)10-8-22/h7-10,28H,11-21,27H2,1-6H3. The molecule has 0 unspecified atom stereocenters. The fourth-order valence-corrected chi connectivity index (χ4v) is 4.08. The van der Waals surface area contributed by atoms with E-state index in [-0.39, 0.29) is 11.4 Å². The number of anilines is 1. The molecule has 0 radical (unpaired) electrons. The molecule has 1 heterocycles. The Morgan fingerprint density at radius 3 is 2.00 bits per heavy atom. The zero-order valence-corrected chi connectivity index (χ0v) is 21.8. The van der Waals surface area contributed by atoms with Crippen molar-refractivity contribution in [2.24, 2.45) is 5.41 Å². The van der Waals surface area contributed by atoms with Crippen molar-refractivity contribution in [2.45, 2.75) is 53.7 Å². The number of nitrogens with one attached hydrogen (secondary N) is 1. The number of nitrogens with two attached hydrogens (primary N) is 1. The second kappa shape index (κ2) is 12.7. The van der Waals surface area contributed by atoms with Crippen LogP contribution in [-0.2, 0) is 16.1 Å². The Hall–Kier alpha value is -1.67. The van der Waals surface area contributed by atoms with Crippen molar-refractivity contribution in [1.82, 2.24) is 20.0 Å². The Labute approximate surface area is 201 Å². The Morgan fingerprint density at radius 1 is 0.879 bits per heavy atom. The maximum absolute atomic E-state index is 12.5. The number of hydrogen-bond donors (Lipinski definition) is 2. The van der Waals surface area contributed by atoms with Crippen LogP contribution in [0, 0.1) is 5.41 Å². The van der Waals surface area contributed by atoms with Crippen molar-refractivity contribution in [2.75, 3.05) is 71.2 Å². The molecule has 1 fully saturated rings. The third-order valence-electron chi connectivity index (χ3n) is 5.53. The molecule has 2 rings (SSSR count). The van der Waals surface area contributed by atoms with Crippen LogP contribution in [0.2, 0.25) is 0 Å². The van der Waals surface area contributed by atoms with Crippen LogP contribution in [-0.4, -0.2) is 91.7 Å². The van der Waals surface area contributed by atoms with E-state index in [0.717, 1.165) is 71.1 Å². The zero-order valence-electron chi connectivity index (χ0n) is 21.8. The Bertz CT molecular complexity index is 709. The van der Waals surface area contributed by atoms with Gasteiger partial charge in [-0.2, -0.15) is 0 Å². The number of nitrogens with zero attached hydrogens (tertiary/aromatic N) is 3. The van der Waals surface area contributed by atoms with E-state index in [1.807, 2.05) is 32.9 Å². The number of ether oxygens (including phenoxy) is 1. The lowest BCUT2D eigenvalue weighted by molar-refractivity contribution is -0.156. The maximum Gasteiger partial charge on any atom is 0.320 e. The summed E-state index contributed by atoms with van der Waals surface area (Å²) in [6.45, 7) is 22.4. The summed E-state index contributed by atoms with van der Waals surface area (Å²) >= 11 is 0. The van der Waals surface area contributed by atoms with E-state index < -0.39 is 5.60 Å². The summed E-state index contributed by atoms with van der Waals surface area (Å²) in [5, 5.41) is 3.57. The molecule has 0 saturated carbocycles. The first-order chi connectivity index (χ1) is 15.4. The fourth-order valence-electron chi connectivity index (χ4n) is 4.08. The first-order valence-corrected chi connectivity index (χ1v) is 12.3. The number of carbonyl (C=O) groups is 1. The molecule has 188 valence electrons. The molecule has 1 aromatic rings. The van der Waals surface area contributed by atoms with Gasteiger partial charge in [-0.1, -0.05) is 32.9 Å². The molecule has 33 heavy (non-hydrogen) atoms. The highest BCUT2D eigenvalue weighted by molar-refractivity contribution is 5.72. The molecule has 0 aliphatic carbocycles. The topological polar surface area (TPSA) is 74.1 Å². The summed E-state index contributed by atoms with van der Waals surface area (Å²) in [5.74, 6) is -0.156. The summed E-state index contributed by atoms with van der Waals surface area (Å²) in [7, 11) is 0. The average Bonchev–Trinajstić information content (AvgIpc) is 2.67. The number of rotatable bonds is 5. The first-order valence-electron chi connectivity index (χ1n) is 12.3. The first kappa shape index (κ1) is 27.6. The van der Waals surface area contributed by atoms with Gasteiger partial charge < -0.3 is 20.7 Å². The predicted molar refractivity (Wildman–Crippen MR) is 137 cm³/mol. The molecule has 1 saturated heterocycles. The van der Waals surface area contributed by atoms with E-state index in [4.69, 9.17) is 10.5 Å². The summed E-state index contributed by atoms with van der Waals surface area (Å²) in [6, 6.07) is 8.16. The SMILES string of the molecule is CC(C)(C)CN1CCNCCN(CC(=O)OC(C)(C)C)CCN(Cc2ccc(N)cc2)CC1. The van der Waals surface area contributed by atoms with Crippen molar-refractivity contribution >= 4 is 11.7 Å². The Morgan fingerprint density at radius 2 is 1.42 bits per heavy atom. The minimum Gasteiger partial charge on any atom is -0.459 e. The van der Waals surface area contributed by atoms with E-state index in [2.05, 4.69) is 52.9 Å². The van der Waals surface area contributed by atoms with Gasteiger partial charge >= 0.3 is 5.97 Å². The molecule has 0 aromatic heterocycles. The fraction of sp³-hybridized carbons (Fsp3) is 0.731. The predicted octanol–water partition coefficient (Wildman–Crippen LogP) is 2.67. The molecule has 1 aromatic carbocycles. The summed E-state index contributed by atoms with van der Waals surface area (Å²) in [5.41, 5.74) is 7.75. The normalized spacial score (nSPS) is 19.0. The molecule has 0 bridgehead atoms. The number of carbonyl (C=O) groups excluding carboxylic acids is 1. The maximum atomic E-state index is 12.5. The van der Waals surface area contributed by atoms with E-state index in [9.17, 15) is 4.79 Å². The van der Waals surface area contributed by atoms with E-state index in [1.54, 1.807) is 0 Å². The van der Waals surface area contributed by atoms with Crippen LogP contribution >= 0.6 is 0 Å². The zero-order chi connectivity index (χ0) is 24.5. The van der Waals surface area contributed by atoms with Gasteiger partial charge in [0, 0.05) is 71.1 Å². The van der Waals surface area contributed by atoms with Crippen LogP contribution in [0.1, 0.15) is 47.1 Å². The van der Waals surface area contributed by atoms with Gasteiger partial charge in [0.2, 0.25) is 0 Å². The second-order valence-corrected chi connectivity index (χ2v) is 11.5. The molecule has 1 aliphatic heterocycles. The summed E-state index contributed by atoms with van der Waals surface area (Å²) in [6.07, 6.45) is 0. The van der Waals surface area contributed by atoms with Crippen LogP contribution in [0.4, 0.5) is 5.69 Å².